The Hall–Kier alpha value is -1.67. The van der Waals surface area contributed by atoms with Crippen LogP contribution >= 0.6 is 11.3 Å². The molecule has 2 atom stereocenters. The van der Waals surface area contributed by atoms with Gasteiger partial charge in [-0.25, -0.2) is 14.6 Å². The average Bonchev–Trinajstić information content (AvgIpc) is 2.83. The minimum atomic E-state index is -1.11. The van der Waals surface area contributed by atoms with Gasteiger partial charge < -0.3 is 15.1 Å². The van der Waals surface area contributed by atoms with E-state index in [2.05, 4.69) is 10.3 Å². The fourth-order valence-corrected chi connectivity index (χ4v) is 2.77. The molecular weight excluding hydrogens is 270 g/mol. The van der Waals surface area contributed by atoms with E-state index in [0.717, 1.165) is 15.5 Å². The summed E-state index contributed by atoms with van der Waals surface area (Å²) >= 11 is 1.33. The highest BCUT2D eigenvalue weighted by atomic mass is 32.1. The molecule has 0 unspecified atom stereocenters. The number of anilines is 1. The zero-order chi connectivity index (χ0) is 14.2. The highest BCUT2D eigenvalue weighted by molar-refractivity contribution is 7.15. The van der Waals surface area contributed by atoms with Crippen LogP contribution in [0.25, 0.3) is 0 Å². The Bertz CT molecular complexity index is 497. The van der Waals surface area contributed by atoms with Crippen LogP contribution in [-0.4, -0.2) is 50.8 Å². The molecule has 0 aliphatic carbocycles. The maximum Gasteiger partial charge on any atom is 0.326 e. The summed E-state index contributed by atoms with van der Waals surface area (Å²) < 4.78 is 0. The van der Waals surface area contributed by atoms with E-state index in [9.17, 15) is 14.7 Å². The lowest BCUT2D eigenvalue weighted by Gasteiger charge is -2.20. The highest BCUT2D eigenvalue weighted by Gasteiger charge is 2.39. The number of carbonyl (C=O) groups is 2. The Kier molecular flexibility index (Phi) is 3.72. The van der Waals surface area contributed by atoms with Crippen molar-refractivity contribution in [1.29, 1.82) is 0 Å². The molecule has 2 rings (SSSR count). The van der Waals surface area contributed by atoms with Crippen molar-refractivity contribution >= 4 is 28.5 Å². The second kappa shape index (κ2) is 5.14. The van der Waals surface area contributed by atoms with Crippen LogP contribution in [0.5, 0.6) is 0 Å². The number of likely N-dealkylation sites (tertiary alicyclic amines) is 1. The second-order valence-electron chi connectivity index (χ2n) is 4.49. The molecule has 2 amide bonds. The van der Waals surface area contributed by atoms with Gasteiger partial charge in [0.25, 0.3) is 0 Å². The second-order valence-corrected chi connectivity index (χ2v) is 5.69. The third-order valence-corrected chi connectivity index (χ3v) is 4.06. The molecular formula is C11H15N3O4S. The van der Waals surface area contributed by atoms with E-state index < -0.39 is 24.1 Å². The molecule has 1 aliphatic rings. The van der Waals surface area contributed by atoms with Crippen molar-refractivity contribution in [2.45, 2.75) is 32.4 Å². The number of aromatic nitrogens is 1. The van der Waals surface area contributed by atoms with Gasteiger partial charge in [-0.2, -0.15) is 0 Å². The Morgan fingerprint density at radius 3 is 2.68 bits per heavy atom. The molecule has 3 N–H and O–H groups in total. The summed E-state index contributed by atoms with van der Waals surface area (Å²) in [5.74, 6) is -1.11. The summed E-state index contributed by atoms with van der Waals surface area (Å²) in [6.07, 6.45) is -0.745. The maximum atomic E-state index is 12.0. The van der Waals surface area contributed by atoms with E-state index in [0.29, 0.717) is 5.13 Å². The summed E-state index contributed by atoms with van der Waals surface area (Å²) in [6.45, 7) is 3.75. The third kappa shape index (κ3) is 2.85. The summed E-state index contributed by atoms with van der Waals surface area (Å²) in [6, 6.07) is -1.53. The number of aliphatic carboxylic acids is 1. The first-order valence-corrected chi connectivity index (χ1v) is 6.62. The van der Waals surface area contributed by atoms with Crippen molar-refractivity contribution in [2.75, 3.05) is 11.9 Å². The topological polar surface area (TPSA) is 103 Å². The summed E-state index contributed by atoms with van der Waals surface area (Å²) in [4.78, 5) is 29.3. The molecule has 2 heterocycles. The van der Waals surface area contributed by atoms with E-state index in [1.54, 1.807) is 0 Å². The molecule has 7 nitrogen and oxygen atoms in total. The summed E-state index contributed by atoms with van der Waals surface area (Å²) in [5, 5.41) is 21.5. The van der Waals surface area contributed by atoms with Crippen LogP contribution in [-0.2, 0) is 4.79 Å². The van der Waals surface area contributed by atoms with Gasteiger partial charge in [0.2, 0.25) is 0 Å². The lowest BCUT2D eigenvalue weighted by molar-refractivity contribution is -0.141. The molecule has 0 aromatic carbocycles. The van der Waals surface area contributed by atoms with Gasteiger partial charge in [-0.05, 0) is 13.8 Å². The number of aliphatic hydroxyl groups excluding tert-OH is 1. The Morgan fingerprint density at radius 1 is 1.47 bits per heavy atom. The van der Waals surface area contributed by atoms with Gasteiger partial charge in [0.05, 0.1) is 11.8 Å². The number of carboxylic acid groups (broad SMARTS) is 1. The molecule has 1 aliphatic heterocycles. The number of hydrogen-bond acceptors (Lipinski definition) is 5. The van der Waals surface area contributed by atoms with Crippen molar-refractivity contribution in [3.8, 4) is 0 Å². The van der Waals surface area contributed by atoms with Gasteiger partial charge >= 0.3 is 12.0 Å². The predicted molar refractivity (Wildman–Crippen MR) is 69.4 cm³/mol. The number of carbonyl (C=O) groups excluding carboxylic acids is 1. The van der Waals surface area contributed by atoms with Crippen molar-refractivity contribution in [3.05, 3.63) is 10.6 Å². The Balaban J connectivity index is 2.08. The first-order valence-electron chi connectivity index (χ1n) is 5.81. The number of amides is 2. The van der Waals surface area contributed by atoms with Crippen LogP contribution in [0.2, 0.25) is 0 Å². The lowest BCUT2D eigenvalue weighted by Crippen LogP contribution is -2.43. The van der Waals surface area contributed by atoms with Crippen LogP contribution in [0, 0.1) is 13.8 Å². The summed E-state index contributed by atoms with van der Waals surface area (Å²) in [7, 11) is 0. The van der Waals surface area contributed by atoms with Gasteiger partial charge in [0, 0.05) is 17.8 Å². The van der Waals surface area contributed by atoms with Crippen molar-refractivity contribution < 1.29 is 19.8 Å². The number of carboxylic acids is 1. The molecule has 8 heteroatoms. The minimum Gasteiger partial charge on any atom is -0.480 e. The largest absolute Gasteiger partial charge is 0.480 e. The van der Waals surface area contributed by atoms with Gasteiger partial charge in [-0.1, -0.05) is 0 Å². The molecule has 0 radical (unpaired) electrons. The maximum absolute atomic E-state index is 12.0. The Morgan fingerprint density at radius 2 is 2.16 bits per heavy atom. The molecule has 104 valence electrons. The quantitative estimate of drug-likeness (QED) is 0.746. The smallest absolute Gasteiger partial charge is 0.326 e. The molecule has 19 heavy (non-hydrogen) atoms. The number of β-amino-alcohol motifs (C(OH)–C–C–N with tert-alkyl or cyclic N) is 1. The molecule has 0 saturated carbocycles. The molecule has 1 fully saturated rings. The van der Waals surface area contributed by atoms with E-state index >= 15 is 0 Å². The number of urea groups is 1. The number of thiazole rings is 1. The Labute approximate surface area is 113 Å². The zero-order valence-corrected chi connectivity index (χ0v) is 11.4. The number of aryl methyl sites for hydroxylation is 2. The normalized spacial score (nSPS) is 22.6. The molecule has 0 spiro atoms. The van der Waals surface area contributed by atoms with E-state index in [1.165, 1.54) is 11.3 Å². The molecule has 1 saturated heterocycles. The van der Waals surface area contributed by atoms with Crippen LogP contribution < -0.4 is 5.32 Å². The van der Waals surface area contributed by atoms with Crippen LogP contribution in [0.15, 0.2) is 0 Å². The van der Waals surface area contributed by atoms with E-state index in [-0.39, 0.29) is 13.0 Å². The third-order valence-electron chi connectivity index (χ3n) is 3.07. The molecule has 1 aromatic heterocycles. The molecule has 0 bridgehead atoms. The van der Waals surface area contributed by atoms with Crippen molar-refractivity contribution in [2.24, 2.45) is 0 Å². The highest BCUT2D eigenvalue weighted by Crippen LogP contribution is 2.23. The zero-order valence-electron chi connectivity index (χ0n) is 10.6. The van der Waals surface area contributed by atoms with Crippen molar-refractivity contribution in [1.82, 2.24) is 9.88 Å². The first kappa shape index (κ1) is 13.8. The van der Waals surface area contributed by atoms with Crippen molar-refractivity contribution in [3.63, 3.8) is 0 Å². The first-order chi connectivity index (χ1) is 8.88. The fourth-order valence-electron chi connectivity index (χ4n) is 1.96. The van der Waals surface area contributed by atoms with Crippen LogP contribution in [0.3, 0.4) is 0 Å². The van der Waals surface area contributed by atoms with Crippen LogP contribution in [0.4, 0.5) is 9.93 Å². The fraction of sp³-hybridized carbons (Fsp3) is 0.545. The van der Waals surface area contributed by atoms with Gasteiger partial charge in [0.1, 0.15) is 6.04 Å². The minimum absolute atomic E-state index is 0.0200. The summed E-state index contributed by atoms with van der Waals surface area (Å²) in [5.41, 5.74) is 0.830. The lowest BCUT2D eigenvalue weighted by atomic mass is 10.2. The van der Waals surface area contributed by atoms with Gasteiger partial charge in [0.15, 0.2) is 5.13 Å². The monoisotopic (exact) mass is 285 g/mol. The van der Waals surface area contributed by atoms with E-state index in [4.69, 9.17) is 5.11 Å². The van der Waals surface area contributed by atoms with Gasteiger partial charge in [-0.3, -0.25) is 5.32 Å². The average molecular weight is 285 g/mol. The predicted octanol–water partition coefficient (Wildman–Crippen LogP) is 0.812. The number of rotatable bonds is 2. The van der Waals surface area contributed by atoms with Gasteiger partial charge in [-0.15, -0.1) is 11.3 Å². The number of nitrogens with one attached hydrogen (secondary N) is 1. The number of hydrogen-bond donors (Lipinski definition) is 3. The number of aliphatic hydroxyl groups is 1. The van der Waals surface area contributed by atoms with E-state index in [1.807, 2.05) is 13.8 Å². The molecule has 1 aromatic rings. The van der Waals surface area contributed by atoms with Crippen LogP contribution in [0.1, 0.15) is 17.0 Å². The number of nitrogens with zero attached hydrogens (tertiary/aromatic N) is 2. The SMILES string of the molecule is Cc1nc(NC(=O)N2C[C@H](O)C[C@@H]2C(=O)O)sc1C. The standard InChI is InChI=1S/C11H15N3O4S/c1-5-6(2)19-10(12-5)13-11(18)14-4-7(15)3-8(14)9(16)17/h7-8,15H,3-4H2,1-2H3,(H,16,17)(H,12,13,18)/t7-,8-/m1/s1.